The summed E-state index contributed by atoms with van der Waals surface area (Å²) in [5, 5.41) is 0. The Labute approximate surface area is 193 Å². The molecule has 0 atom stereocenters. The Balaban J connectivity index is 0. The van der Waals surface area contributed by atoms with Gasteiger partial charge in [0, 0.05) is 0 Å². The Hall–Kier alpha value is 4.23. The van der Waals surface area contributed by atoms with Crippen molar-refractivity contribution >= 4 is 52.8 Å². The number of hydrogen-bond donors (Lipinski definition) is 0. The molecule has 80 valence electrons. The Morgan fingerprint density at radius 1 is 0.250 bits per heavy atom. The molecule has 16 heteroatoms. The number of hydrogen-bond acceptors (Lipinski definition) is 5. The van der Waals surface area contributed by atoms with Crippen molar-refractivity contribution in [3.05, 3.63) is 0 Å². The Bertz CT molecular complexity index is 21.3. The molecule has 5 N–H and O–H groups in total. The van der Waals surface area contributed by atoms with E-state index in [0.717, 1.165) is 0 Å². The van der Waals surface area contributed by atoms with Crippen LogP contribution < -0.4 is 88.7 Å². The largest absolute Gasteiger partial charge is 4.00 e. The average molecular weight is 452 g/mol. The SMILES string of the molecule is [Ge+4].[Ge+4].[Ge+4].[Na+].[Na+].[Na+].[O-2].[O-2].[O-2].[O-2].[O-2].[OH-].[OH-].[OH-].[OH-].[OH-]. The summed E-state index contributed by atoms with van der Waals surface area (Å²) < 4.78 is 0. The van der Waals surface area contributed by atoms with Crippen molar-refractivity contribution in [1.29, 1.82) is 0 Å². The van der Waals surface area contributed by atoms with E-state index in [4.69, 9.17) is 0 Å². The molecule has 0 fully saturated rings. The topological polar surface area (TPSA) is 292 Å². The van der Waals surface area contributed by atoms with E-state index in [-0.39, 0.29) is 196 Å². The first-order valence-electron chi connectivity index (χ1n) is 0. The van der Waals surface area contributed by atoms with Gasteiger partial charge in [-0.1, -0.05) is 0 Å². The van der Waals surface area contributed by atoms with Crippen LogP contribution in [0.1, 0.15) is 0 Å². The van der Waals surface area contributed by atoms with Crippen LogP contribution in [-0.4, -0.2) is 80.2 Å². The summed E-state index contributed by atoms with van der Waals surface area (Å²) in [5.41, 5.74) is 0. The Kier molecular flexibility index (Phi) is 9340. The molecule has 0 rings (SSSR count). The van der Waals surface area contributed by atoms with Crippen molar-refractivity contribution < 1.29 is 143 Å². The van der Waals surface area contributed by atoms with Crippen molar-refractivity contribution in [3.63, 3.8) is 0 Å². The molecule has 0 unspecified atom stereocenters. The summed E-state index contributed by atoms with van der Waals surface area (Å²) in [6.45, 7) is 0. The van der Waals surface area contributed by atoms with Crippen molar-refractivity contribution in [1.82, 2.24) is 0 Å². The fraction of sp³-hybridized carbons (Fsp3) is 0. The molecule has 0 aliphatic rings. The van der Waals surface area contributed by atoms with Crippen LogP contribution in [0.25, 0.3) is 0 Å². The third-order valence-corrected chi connectivity index (χ3v) is 0. The maximum absolute atomic E-state index is 0. The van der Waals surface area contributed by atoms with Gasteiger partial charge in [-0.2, -0.15) is 0 Å². The summed E-state index contributed by atoms with van der Waals surface area (Å²) >= 11 is 0. The number of rotatable bonds is 0. The van der Waals surface area contributed by atoms with E-state index in [1.54, 1.807) is 0 Å². The van der Waals surface area contributed by atoms with Crippen LogP contribution in [0.3, 0.4) is 0 Å². The van der Waals surface area contributed by atoms with Gasteiger partial charge in [0.05, 0.1) is 0 Å². The Morgan fingerprint density at radius 2 is 0.250 bits per heavy atom. The van der Waals surface area contributed by atoms with Gasteiger partial charge in [0.25, 0.3) is 0 Å². The zero-order valence-corrected chi connectivity index (χ0v) is 21.1. The molecule has 0 saturated carbocycles. The van der Waals surface area contributed by atoms with E-state index in [9.17, 15) is 0 Å². The molecular weight excluding hydrogens is 447 g/mol. The minimum absolute atomic E-state index is 0. The third kappa shape index (κ3) is 303. The maximum Gasteiger partial charge on any atom is 4.00 e. The van der Waals surface area contributed by atoms with E-state index in [0.29, 0.717) is 0 Å². The second-order valence-electron chi connectivity index (χ2n) is 0. The van der Waals surface area contributed by atoms with Gasteiger partial charge in [-0.05, 0) is 0 Å². The first-order valence-corrected chi connectivity index (χ1v) is 0. The molecule has 0 saturated heterocycles. The van der Waals surface area contributed by atoms with Gasteiger partial charge < -0.3 is 54.8 Å². The predicted molar refractivity (Wildman–Crippen MR) is 30.4 cm³/mol. The first kappa shape index (κ1) is 418. The molecular formula is H5Ge3Na3O10. The van der Waals surface area contributed by atoms with Gasteiger partial charge in [0.15, 0.2) is 0 Å². The van der Waals surface area contributed by atoms with Crippen LogP contribution in [0.2, 0.25) is 0 Å². The standard InChI is InChI=1S/3Ge.3Na.5H2O.5O/h;;;;;;5*1H2;;;;;/q3*+4;3*+1;;;;;;5*-2/p-5. The molecule has 0 aromatic heterocycles. The minimum atomic E-state index is 0. The van der Waals surface area contributed by atoms with Crippen molar-refractivity contribution in [2.75, 3.05) is 0 Å². The zero-order valence-electron chi connectivity index (χ0n) is 8.78. The molecule has 0 aromatic rings. The second-order valence-corrected chi connectivity index (χ2v) is 0. The quantitative estimate of drug-likeness (QED) is 0.323. The molecule has 0 aliphatic heterocycles. The molecule has 0 amide bonds. The van der Waals surface area contributed by atoms with Crippen LogP contribution in [0.15, 0.2) is 0 Å². The predicted octanol–water partition coefficient (Wildman–Crippen LogP) is -11.6. The molecule has 0 heterocycles. The van der Waals surface area contributed by atoms with E-state index >= 15 is 0 Å². The average Bonchev–Trinajstić information content (AvgIpc) is 0. The molecule has 16 heavy (non-hydrogen) atoms. The van der Waals surface area contributed by atoms with Crippen LogP contribution in [0.4, 0.5) is 0 Å². The van der Waals surface area contributed by atoms with E-state index in [1.165, 1.54) is 0 Å². The van der Waals surface area contributed by atoms with Crippen LogP contribution >= 0.6 is 0 Å². The first-order chi connectivity index (χ1) is 0. The fourth-order valence-corrected chi connectivity index (χ4v) is 0. The smallest absolute Gasteiger partial charge is 2.00 e. The minimum Gasteiger partial charge on any atom is -2.00 e. The van der Waals surface area contributed by atoms with Crippen LogP contribution in [-0.2, 0) is 27.4 Å². The van der Waals surface area contributed by atoms with E-state index < -0.39 is 0 Å². The van der Waals surface area contributed by atoms with Gasteiger partial charge in [-0.25, -0.2) is 0 Å². The summed E-state index contributed by atoms with van der Waals surface area (Å²) in [4.78, 5) is 0. The monoisotopic (exact) mass is 456 g/mol. The van der Waals surface area contributed by atoms with Crippen LogP contribution in [0.5, 0.6) is 0 Å². The van der Waals surface area contributed by atoms with Crippen molar-refractivity contribution in [2.24, 2.45) is 0 Å². The van der Waals surface area contributed by atoms with Gasteiger partial charge in [-0.3, -0.25) is 0 Å². The molecule has 0 radical (unpaired) electrons. The third-order valence-electron chi connectivity index (χ3n) is 0. The molecule has 0 bridgehead atoms. The van der Waals surface area contributed by atoms with E-state index in [1.807, 2.05) is 0 Å². The van der Waals surface area contributed by atoms with Gasteiger partial charge in [0.2, 0.25) is 0 Å². The molecule has 10 nitrogen and oxygen atoms in total. The van der Waals surface area contributed by atoms with Crippen molar-refractivity contribution in [3.8, 4) is 0 Å². The molecule has 0 aliphatic carbocycles. The molecule has 0 aromatic carbocycles. The zero-order chi connectivity index (χ0) is 0. The fourth-order valence-electron chi connectivity index (χ4n) is 0. The van der Waals surface area contributed by atoms with Crippen LogP contribution in [0, 0.1) is 0 Å². The van der Waals surface area contributed by atoms with Gasteiger partial charge >= 0.3 is 141 Å². The summed E-state index contributed by atoms with van der Waals surface area (Å²) in [5.74, 6) is 0. The van der Waals surface area contributed by atoms with Gasteiger partial charge in [-0.15, -0.1) is 0 Å². The summed E-state index contributed by atoms with van der Waals surface area (Å²) in [6, 6.07) is 0. The van der Waals surface area contributed by atoms with Crippen molar-refractivity contribution in [2.45, 2.75) is 0 Å². The molecule has 0 spiro atoms. The normalized spacial score (nSPS) is 0. The Morgan fingerprint density at radius 3 is 0.250 bits per heavy atom. The summed E-state index contributed by atoms with van der Waals surface area (Å²) in [7, 11) is 0. The van der Waals surface area contributed by atoms with E-state index in [2.05, 4.69) is 0 Å². The summed E-state index contributed by atoms with van der Waals surface area (Å²) in [6.07, 6.45) is 0. The maximum atomic E-state index is 0. The van der Waals surface area contributed by atoms with Gasteiger partial charge in [0.1, 0.15) is 0 Å². The second kappa shape index (κ2) is 357.